The first-order valence-electron chi connectivity index (χ1n) is 6.83. The lowest BCUT2D eigenvalue weighted by molar-refractivity contribution is 0.251. The predicted octanol–water partition coefficient (Wildman–Crippen LogP) is 2.67. The molecule has 0 radical (unpaired) electrons. The van der Waals surface area contributed by atoms with Crippen molar-refractivity contribution in [1.82, 2.24) is 5.43 Å². The van der Waals surface area contributed by atoms with Crippen molar-refractivity contribution in [3.8, 4) is 0 Å². The minimum absolute atomic E-state index is 0.456. The molecule has 0 aliphatic heterocycles. The summed E-state index contributed by atoms with van der Waals surface area (Å²) in [6.45, 7) is 4.53. The van der Waals surface area contributed by atoms with Crippen molar-refractivity contribution in [2.45, 2.75) is 45.6 Å². The van der Waals surface area contributed by atoms with Crippen molar-refractivity contribution in [2.24, 2.45) is 17.7 Å². The topological polar surface area (TPSA) is 38.0 Å². The largest absolute Gasteiger partial charge is 0.271 e. The average Bonchev–Trinajstić information content (AvgIpc) is 2.78. The molecule has 0 heterocycles. The molecule has 2 nitrogen and oxygen atoms in total. The fourth-order valence-electron chi connectivity index (χ4n) is 3.30. The maximum Gasteiger partial charge on any atom is 0.0273 e. The smallest absolute Gasteiger partial charge is 0.0273 e. The van der Waals surface area contributed by atoms with Gasteiger partial charge in [0.05, 0.1) is 0 Å². The Hall–Kier alpha value is -0.860. The van der Waals surface area contributed by atoms with Gasteiger partial charge in [0.1, 0.15) is 0 Å². The minimum Gasteiger partial charge on any atom is -0.271 e. The second kappa shape index (κ2) is 5.65. The van der Waals surface area contributed by atoms with Gasteiger partial charge < -0.3 is 0 Å². The predicted molar refractivity (Wildman–Crippen MR) is 72.5 cm³/mol. The van der Waals surface area contributed by atoms with E-state index in [-0.39, 0.29) is 0 Å². The molecule has 1 aliphatic carbocycles. The van der Waals surface area contributed by atoms with Crippen molar-refractivity contribution in [2.75, 3.05) is 0 Å². The van der Waals surface area contributed by atoms with E-state index in [2.05, 4.69) is 43.5 Å². The second-order valence-corrected chi connectivity index (χ2v) is 5.21. The molecule has 0 saturated carbocycles. The Morgan fingerprint density at radius 2 is 1.71 bits per heavy atom. The summed E-state index contributed by atoms with van der Waals surface area (Å²) in [4.78, 5) is 0. The highest BCUT2D eigenvalue weighted by atomic mass is 15.2. The Bertz CT molecular complexity index is 333. The summed E-state index contributed by atoms with van der Waals surface area (Å²) < 4.78 is 0. The van der Waals surface area contributed by atoms with Gasteiger partial charge in [-0.05, 0) is 35.8 Å². The first-order valence-corrected chi connectivity index (χ1v) is 6.83. The van der Waals surface area contributed by atoms with Crippen molar-refractivity contribution >= 4 is 0 Å². The molecule has 17 heavy (non-hydrogen) atoms. The number of hydrazine groups is 1. The molecule has 0 saturated heterocycles. The van der Waals surface area contributed by atoms with Crippen molar-refractivity contribution in [3.05, 3.63) is 35.4 Å². The lowest BCUT2D eigenvalue weighted by atomic mass is 9.83. The van der Waals surface area contributed by atoms with Crippen LogP contribution in [0.2, 0.25) is 0 Å². The van der Waals surface area contributed by atoms with Crippen molar-refractivity contribution in [3.63, 3.8) is 0 Å². The van der Waals surface area contributed by atoms with Gasteiger partial charge in [-0.2, -0.15) is 0 Å². The van der Waals surface area contributed by atoms with E-state index in [9.17, 15) is 0 Å². The molecule has 94 valence electrons. The van der Waals surface area contributed by atoms with E-state index < -0.39 is 0 Å². The summed E-state index contributed by atoms with van der Waals surface area (Å²) in [5.74, 6) is 7.15. The number of fused-ring (bicyclic) bond motifs is 1. The Morgan fingerprint density at radius 3 is 2.12 bits per heavy atom. The molecule has 0 spiro atoms. The van der Waals surface area contributed by atoms with Gasteiger partial charge in [0.15, 0.2) is 0 Å². The van der Waals surface area contributed by atoms with Crippen LogP contribution in [0.1, 0.15) is 37.8 Å². The molecule has 1 unspecified atom stereocenters. The monoisotopic (exact) mass is 232 g/mol. The molecule has 1 aromatic rings. The van der Waals surface area contributed by atoms with Crippen LogP contribution >= 0.6 is 0 Å². The highest BCUT2D eigenvalue weighted by molar-refractivity contribution is 5.32. The van der Waals surface area contributed by atoms with Gasteiger partial charge >= 0.3 is 0 Å². The van der Waals surface area contributed by atoms with Crippen LogP contribution in [0.5, 0.6) is 0 Å². The van der Waals surface area contributed by atoms with Gasteiger partial charge in [0, 0.05) is 6.04 Å². The van der Waals surface area contributed by atoms with E-state index in [4.69, 9.17) is 5.84 Å². The van der Waals surface area contributed by atoms with Crippen LogP contribution in [-0.2, 0) is 12.8 Å². The van der Waals surface area contributed by atoms with Gasteiger partial charge in [-0.25, -0.2) is 0 Å². The summed E-state index contributed by atoms with van der Waals surface area (Å²) in [7, 11) is 0. The van der Waals surface area contributed by atoms with Crippen LogP contribution in [0.3, 0.4) is 0 Å². The van der Waals surface area contributed by atoms with E-state index >= 15 is 0 Å². The zero-order chi connectivity index (χ0) is 12.3. The van der Waals surface area contributed by atoms with Crippen LogP contribution in [0.25, 0.3) is 0 Å². The third-order valence-corrected chi connectivity index (χ3v) is 4.34. The van der Waals surface area contributed by atoms with Gasteiger partial charge in [0.25, 0.3) is 0 Å². The Morgan fingerprint density at radius 1 is 1.18 bits per heavy atom. The van der Waals surface area contributed by atoms with Crippen LogP contribution < -0.4 is 11.3 Å². The Labute approximate surface area is 105 Å². The van der Waals surface area contributed by atoms with Gasteiger partial charge in [-0.3, -0.25) is 11.3 Å². The molecule has 2 heteroatoms. The molecule has 3 N–H and O–H groups in total. The quantitative estimate of drug-likeness (QED) is 0.605. The van der Waals surface area contributed by atoms with Crippen LogP contribution in [0, 0.1) is 11.8 Å². The maximum absolute atomic E-state index is 5.79. The fourth-order valence-corrected chi connectivity index (χ4v) is 3.30. The third-order valence-electron chi connectivity index (χ3n) is 4.34. The van der Waals surface area contributed by atoms with Crippen LogP contribution in [-0.4, -0.2) is 6.04 Å². The zero-order valence-electron chi connectivity index (χ0n) is 10.9. The molecular formula is C15H24N2. The first kappa shape index (κ1) is 12.6. The molecule has 0 bridgehead atoms. The highest BCUT2D eigenvalue weighted by Gasteiger charge is 2.31. The molecule has 0 amide bonds. The van der Waals surface area contributed by atoms with Crippen molar-refractivity contribution in [1.29, 1.82) is 0 Å². The first-order chi connectivity index (χ1) is 8.30. The average molecular weight is 232 g/mol. The summed E-state index contributed by atoms with van der Waals surface area (Å²) in [5.41, 5.74) is 6.12. The number of rotatable bonds is 5. The number of nitrogens with two attached hydrogens (primary N) is 1. The molecule has 0 fully saturated rings. The lowest BCUT2D eigenvalue weighted by Crippen LogP contribution is -2.46. The van der Waals surface area contributed by atoms with Gasteiger partial charge in [0.2, 0.25) is 0 Å². The van der Waals surface area contributed by atoms with Crippen LogP contribution in [0.4, 0.5) is 0 Å². The summed E-state index contributed by atoms with van der Waals surface area (Å²) in [6.07, 6.45) is 4.78. The molecule has 1 atom stereocenters. The van der Waals surface area contributed by atoms with Crippen LogP contribution in [0.15, 0.2) is 24.3 Å². The normalized spacial score (nSPS) is 17.4. The molecule has 1 aliphatic rings. The van der Waals surface area contributed by atoms with E-state index in [1.165, 1.54) is 36.8 Å². The highest BCUT2D eigenvalue weighted by Crippen LogP contribution is 2.32. The Kier molecular flexibility index (Phi) is 4.19. The standard InChI is InChI=1S/C15H24N2/c1-3-11(4-2)15(17-16)14-9-12-7-5-6-8-13(12)10-14/h5-8,11,14-15,17H,3-4,9-10,16H2,1-2H3. The lowest BCUT2D eigenvalue weighted by Gasteiger charge is -2.29. The Balaban J connectivity index is 2.10. The summed E-state index contributed by atoms with van der Waals surface area (Å²) >= 11 is 0. The molecular weight excluding hydrogens is 208 g/mol. The van der Waals surface area contributed by atoms with E-state index in [0.29, 0.717) is 17.9 Å². The molecule has 1 aromatic carbocycles. The number of nitrogens with one attached hydrogen (secondary N) is 1. The second-order valence-electron chi connectivity index (χ2n) is 5.21. The summed E-state index contributed by atoms with van der Waals surface area (Å²) in [5, 5.41) is 0. The molecule has 2 rings (SSSR count). The SMILES string of the molecule is CCC(CC)C(NN)C1Cc2ccccc2C1. The summed E-state index contributed by atoms with van der Waals surface area (Å²) in [6, 6.07) is 9.26. The molecule has 0 aromatic heterocycles. The van der Waals surface area contributed by atoms with E-state index in [1.807, 2.05) is 0 Å². The third kappa shape index (κ3) is 2.53. The number of hydrogen-bond acceptors (Lipinski definition) is 2. The van der Waals surface area contributed by atoms with Gasteiger partial charge in [-0.1, -0.05) is 51.0 Å². The van der Waals surface area contributed by atoms with E-state index in [1.54, 1.807) is 0 Å². The maximum atomic E-state index is 5.79. The fraction of sp³-hybridized carbons (Fsp3) is 0.600. The number of benzene rings is 1. The van der Waals surface area contributed by atoms with Gasteiger partial charge in [-0.15, -0.1) is 0 Å². The minimum atomic E-state index is 0.456. The van der Waals surface area contributed by atoms with Crippen molar-refractivity contribution < 1.29 is 0 Å². The zero-order valence-corrected chi connectivity index (χ0v) is 10.9. The van der Waals surface area contributed by atoms with E-state index in [0.717, 1.165) is 0 Å². The number of hydrogen-bond donors (Lipinski definition) is 2.